The van der Waals surface area contributed by atoms with Gasteiger partial charge in [-0.05, 0) is 12.3 Å². The maximum absolute atomic E-state index is 9.90. The fraction of sp³-hybridized carbons (Fsp3) is 0.833. The van der Waals surface area contributed by atoms with Gasteiger partial charge in [-0.15, -0.1) is 0 Å². The van der Waals surface area contributed by atoms with Gasteiger partial charge in [0.05, 0.1) is 0 Å². The third-order valence-corrected chi connectivity index (χ3v) is 0.936. The van der Waals surface area contributed by atoms with E-state index in [1.54, 1.807) is 0 Å². The van der Waals surface area contributed by atoms with E-state index in [0.717, 1.165) is 6.42 Å². The van der Waals surface area contributed by atoms with Gasteiger partial charge >= 0.3 is 5.97 Å². The van der Waals surface area contributed by atoms with Gasteiger partial charge in [-0.25, -0.2) is 0 Å². The molecule has 0 bridgehead atoms. The Balaban J connectivity index is 0. The van der Waals surface area contributed by atoms with Gasteiger partial charge in [0.15, 0.2) is 0 Å². The van der Waals surface area contributed by atoms with Crippen molar-refractivity contribution in [1.29, 1.82) is 0 Å². The van der Waals surface area contributed by atoms with Gasteiger partial charge < -0.3 is 5.11 Å². The van der Waals surface area contributed by atoms with Crippen LogP contribution in [0.25, 0.3) is 0 Å². The molecule has 1 radical (unpaired) electrons. The molecule has 0 aromatic rings. The summed E-state index contributed by atoms with van der Waals surface area (Å²) in [5, 5.41) is 8.16. The molecule has 0 saturated heterocycles. The minimum Gasteiger partial charge on any atom is -0.481 e. The van der Waals surface area contributed by atoms with Crippen molar-refractivity contribution in [2.45, 2.75) is 26.7 Å². The summed E-state index contributed by atoms with van der Waals surface area (Å²) in [6, 6.07) is 0. The maximum Gasteiger partial charge on any atom is 0.303 e. The molecule has 9 heavy (non-hydrogen) atoms. The molecule has 0 fully saturated rings. The van der Waals surface area contributed by atoms with E-state index in [2.05, 4.69) is 0 Å². The fourth-order valence-electron chi connectivity index (χ4n) is 0.412. The number of carbonyl (C=O) groups is 1. The van der Waals surface area contributed by atoms with Crippen molar-refractivity contribution < 1.29 is 42.6 Å². The normalized spacial score (nSPS) is 8.78. The van der Waals surface area contributed by atoms with Crippen LogP contribution in [0.3, 0.4) is 0 Å². The maximum atomic E-state index is 9.90. The Morgan fingerprint density at radius 1 is 1.56 bits per heavy atom. The first-order valence-corrected chi connectivity index (χ1v) is 2.84. The van der Waals surface area contributed by atoms with Gasteiger partial charge in [-0.2, -0.15) is 0 Å². The molecule has 0 aliphatic heterocycles. The molecule has 0 rings (SSSR count). The molecule has 0 aromatic heterocycles. The van der Waals surface area contributed by atoms with Gasteiger partial charge in [0.1, 0.15) is 0 Å². The van der Waals surface area contributed by atoms with E-state index in [1.165, 1.54) is 0 Å². The third-order valence-electron chi connectivity index (χ3n) is 0.936. The van der Waals surface area contributed by atoms with Crippen LogP contribution in [0.15, 0.2) is 0 Å². The molecule has 0 amide bonds. The molecular formula is C6H12O2Y. The Morgan fingerprint density at radius 2 is 2.00 bits per heavy atom. The quantitative estimate of drug-likeness (QED) is 0.758. The SMILES string of the molecule is CC(C)CCC(=O)O.[Y]. The van der Waals surface area contributed by atoms with Crippen LogP contribution in [0.4, 0.5) is 0 Å². The topological polar surface area (TPSA) is 37.3 Å². The molecular weight excluding hydrogens is 193 g/mol. The summed E-state index contributed by atoms with van der Waals surface area (Å²) in [6.07, 6.45) is 1.09. The second kappa shape index (κ2) is 6.69. The predicted molar refractivity (Wildman–Crippen MR) is 31.7 cm³/mol. The molecule has 0 aromatic carbocycles. The predicted octanol–water partition coefficient (Wildman–Crippen LogP) is 1.50. The molecule has 0 saturated carbocycles. The van der Waals surface area contributed by atoms with Gasteiger partial charge in [-0.1, -0.05) is 13.8 Å². The summed E-state index contributed by atoms with van der Waals surface area (Å²) in [5.41, 5.74) is 0. The summed E-state index contributed by atoms with van der Waals surface area (Å²) >= 11 is 0. The fourth-order valence-corrected chi connectivity index (χ4v) is 0.412. The van der Waals surface area contributed by atoms with Crippen molar-refractivity contribution in [3.05, 3.63) is 0 Å². The number of carboxylic acid groups (broad SMARTS) is 1. The Bertz CT molecular complexity index is 81.1. The second-order valence-corrected chi connectivity index (χ2v) is 2.33. The first-order chi connectivity index (χ1) is 3.63. The summed E-state index contributed by atoms with van der Waals surface area (Å²) in [5.74, 6) is -0.190. The van der Waals surface area contributed by atoms with E-state index >= 15 is 0 Å². The van der Waals surface area contributed by atoms with E-state index in [4.69, 9.17) is 5.11 Å². The smallest absolute Gasteiger partial charge is 0.303 e. The van der Waals surface area contributed by atoms with Gasteiger partial charge in [-0.3, -0.25) is 4.79 Å². The molecule has 0 aliphatic rings. The van der Waals surface area contributed by atoms with Crippen LogP contribution in [-0.2, 0) is 37.5 Å². The Labute approximate surface area is 80.9 Å². The van der Waals surface area contributed by atoms with Crippen LogP contribution in [0.2, 0.25) is 0 Å². The van der Waals surface area contributed by atoms with Crippen molar-refractivity contribution in [2.24, 2.45) is 5.92 Å². The third kappa shape index (κ3) is 11.9. The molecule has 2 nitrogen and oxygen atoms in total. The van der Waals surface area contributed by atoms with E-state index in [0.29, 0.717) is 12.3 Å². The molecule has 0 unspecified atom stereocenters. The first kappa shape index (κ1) is 12.3. The minimum absolute atomic E-state index is 0. The number of carboxylic acids is 1. The van der Waals surface area contributed by atoms with Gasteiger partial charge in [0.25, 0.3) is 0 Å². The van der Waals surface area contributed by atoms with Crippen LogP contribution in [0, 0.1) is 5.92 Å². The van der Waals surface area contributed by atoms with Crippen LogP contribution in [-0.4, -0.2) is 11.1 Å². The Hall–Kier alpha value is 0.574. The minimum atomic E-state index is -0.696. The zero-order valence-electron chi connectivity index (χ0n) is 5.92. The van der Waals surface area contributed by atoms with E-state index in [9.17, 15) is 4.79 Å². The monoisotopic (exact) mass is 205 g/mol. The standard InChI is InChI=1S/C6H12O2.Y/c1-5(2)3-4-6(7)8;/h5H,3-4H2,1-2H3,(H,7,8);. The van der Waals surface area contributed by atoms with Crippen molar-refractivity contribution in [3.8, 4) is 0 Å². The summed E-state index contributed by atoms with van der Waals surface area (Å²) < 4.78 is 0. The van der Waals surface area contributed by atoms with Crippen molar-refractivity contribution in [1.82, 2.24) is 0 Å². The average molecular weight is 205 g/mol. The molecule has 0 spiro atoms. The van der Waals surface area contributed by atoms with Crippen LogP contribution < -0.4 is 0 Å². The Morgan fingerprint density at radius 3 is 2.11 bits per heavy atom. The average Bonchev–Trinajstić information content (AvgIpc) is 1.61. The van der Waals surface area contributed by atoms with E-state index in [1.807, 2.05) is 13.8 Å². The van der Waals surface area contributed by atoms with Crippen molar-refractivity contribution in [2.75, 3.05) is 0 Å². The van der Waals surface area contributed by atoms with E-state index < -0.39 is 5.97 Å². The number of hydrogen-bond donors (Lipinski definition) is 1. The molecule has 0 aliphatic carbocycles. The summed E-state index contributed by atoms with van der Waals surface area (Å²) in [7, 11) is 0. The first-order valence-electron chi connectivity index (χ1n) is 2.84. The largest absolute Gasteiger partial charge is 0.481 e. The Kier molecular flexibility index (Phi) is 9.12. The molecule has 0 heterocycles. The van der Waals surface area contributed by atoms with Crippen LogP contribution in [0.1, 0.15) is 26.7 Å². The summed E-state index contributed by atoms with van der Waals surface area (Å²) in [4.78, 5) is 9.90. The number of aliphatic carboxylic acids is 1. The van der Waals surface area contributed by atoms with Gasteiger partial charge in [0.2, 0.25) is 0 Å². The number of hydrogen-bond acceptors (Lipinski definition) is 1. The van der Waals surface area contributed by atoms with Gasteiger partial charge in [0, 0.05) is 39.1 Å². The van der Waals surface area contributed by atoms with Crippen LogP contribution >= 0.6 is 0 Å². The van der Waals surface area contributed by atoms with Crippen molar-refractivity contribution in [3.63, 3.8) is 0 Å². The number of rotatable bonds is 3. The van der Waals surface area contributed by atoms with E-state index in [-0.39, 0.29) is 32.7 Å². The molecule has 3 heteroatoms. The van der Waals surface area contributed by atoms with Crippen molar-refractivity contribution >= 4 is 5.97 Å². The summed E-state index contributed by atoms with van der Waals surface area (Å²) in [6.45, 7) is 4.03. The molecule has 51 valence electrons. The molecule has 0 atom stereocenters. The zero-order chi connectivity index (χ0) is 6.57. The zero-order valence-corrected chi connectivity index (χ0v) is 8.76. The van der Waals surface area contributed by atoms with Crippen LogP contribution in [0.5, 0.6) is 0 Å². The molecule has 1 N–H and O–H groups in total. The second-order valence-electron chi connectivity index (χ2n) is 2.33.